The van der Waals surface area contributed by atoms with E-state index in [2.05, 4.69) is 61.5 Å². The van der Waals surface area contributed by atoms with Gasteiger partial charge < -0.3 is 4.90 Å². The Kier molecular flexibility index (Phi) is 4.95. The number of pyridine rings is 1. The summed E-state index contributed by atoms with van der Waals surface area (Å²) in [6.45, 7) is 8.90. The van der Waals surface area contributed by atoms with Crippen molar-refractivity contribution in [2.24, 2.45) is 0 Å². The Morgan fingerprint density at radius 1 is 0.962 bits per heavy atom. The molecule has 1 fully saturated rings. The molecular formula is C20H23N5S. The van der Waals surface area contributed by atoms with Crippen LogP contribution in [0, 0.1) is 13.8 Å². The monoisotopic (exact) mass is 365 g/mol. The summed E-state index contributed by atoms with van der Waals surface area (Å²) < 4.78 is 0. The molecule has 5 nitrogen and oxygen atoms in total. The van der Waals surface area contributed by atoms with Crippen LogP contribution in [0.4, 0.5) is 5.82 Å². The average molecular weight is 366 g/mol. The lowest BCUT2D eigenvalue weighted by Crippen LogP contribution is -2.46. The molecular weight excluding hydrogens is 342 g/mol. The SMILES string of the molecule is Cc1cc(N2CCN(Cc3cccc(-c4cccs4)n3)CC2)nc(C)n1. The molecule has 0 aliphatic carbocycles. The first-order chi connectivity index (χ1) is 12.7. The maximum Gasteiger partial charge on any atom is 0.132 e. The van der Waals surface area contributed by atoms with Crippen molar-refractivity contribution in [3.63, 3.8) is 0 Å². The molecule has 0 amide bonds. The number of rotatable bonds is 4. The van der Waals surface area contributed by atoms with Crippen LogP contribution in [0.2, 0.25) is 0 Å². The maximum absolute atomic E-state index is 4.84. The number of piperazine rings is 1. The second-order valence-electron chi connectivity index (χ2n) is 6.67. The zero-order valence-corrected chi connectivity index (χ0v) is 16.0. The molecule has 1 saturated heterocycles. The van der Waals surface area contributed by atoms with Gasteiger partial charge in [0, 0.05) is 44.5 Å². The summed E-state index contributed by atoms with van der Waals surface area (Å²) >= 11 is 1.74. The van der Waals surface area contributed by atoms with E-state index in [1.165, 1.54) is 4.88 Å². The van der Waals surface area contributed by atoms with Crippen LogP contribution in [-0.2, 0) is 6.54 Å². The predicted molar refractivity (Wildman–Crippen MR) is 107 cm³/mol. The number of aromatic nitrogens is 3. The summed E-state index contributed by atoms with van der Waals surface area (Å²) in [5, 5.41) is 2.10. The molecule has 0 saturated carbocycles. The Labute approximate surface area is 158 Å². The number of thiophene rings is 1. The van der Waals surface area contributed by atoms with E-state index in [-0.39, 0.29) is 0 Å². The Balaban J connectivity index is 1.39. The summed E-state index contributed by atoms with van der Waals surface area (Å²) in [6.07, 6.45) is 0. The van der Waals surface area contributed by atoms with Gasteiger partial charge in [-0.2, -0.15) is 0 Å². The van der Waals surface area contributed by atoms with Gasteiger partial charge in [0.1, 0.15) is 11.6 Å². The molecule has 0 aromatic carbocycles. The zero-order valence-electron chi connectivity index (χ0n) is 15.2. The van der Waals surface area contributed by atoms with E-state index in [4.69, 9.17) is 4.98 Å². The Morgan fingerprint density at radius 2 is 1.81 bits per heavy atom. The van der Waals surface area contributed by atoms with Crippen molar-refractivity contribution in [3.05, 3.63) is 59.0 Å². The minimum atomic E-state index is 0.844. The number of hydrogen-bond acceptors (Lipinski definition) is 6. The van der Waals surface area contributed by atoms with Crippen LogP contribution < -0.4 is 4.90 Å². The molecule has 4 heterocycles. The van der Waals surface area contributed by atoms with Gasteiger partial charge >= 0.3 is 0 Å². The second kappa shape index (κ2) is 7.51. The van der Waals surface area contributed by atoms with Crippen molar-refractivity contribution >= 4 is 17.2 Å². The van der Waals surface area contributed by atoms with Crippen LogP contribution in [0.1, 0.15) is 17.2 Å². The van der Waals surface area contributed by atoms with Gasteiger partial charge in [-0.05, 0) is 37.4 Å². The largest absolute Gasteiger partial charge is 0.354 e. The first kappa shape index (κ1) is 17.1. The van der Waals surface area contributed by atoms with Crippen molar-refractivity contribution in [1.29, 1.82) is 0 Å². The van der Waals surface area contributed by atoms with Gasteiger partial charge in [-0.25, -0.2) is 9.97 Å². The lowest BCUT2D eigenvalue weighted by atomic mass is 10.2. The van der Waals surface area contributed by atoms with Gasteiger partial charge in [0.15, 0.2) is 0 Å². The molecule has 0 radical (unpaired) electrons. The minimum Gasteiger partial charge on any atom is -0.354 e. The third-order valence-corrected chi connectivity index (χ3v) is 5.51. The van der Waals surface area contributed by atoms with E-state index in [1.54, 1.807) is 11.3 Å². The van der Waals surface area contributed by atoms with Crippen LogP contribution in [-0.4, -0.2) is 46.0 Å². The third-order valence-electron chi connectivity index (χ3n) is 4.61. The van der Waals surface area contributed by atoms with Gasteiger partial charge in [-0.1, -0.05) is 12.1 Å². The molecule has 4 rings (SSSR count). The zero-order chi connectivity index (χ0) is 17.9. The van der Waals surface area contributed by atoms with E-state index in [1.807, 2.05) is 13.8 Å². The van der Waals surface area contributed by atoms with E-state index >= 15 is 0 Å². The topological polar surface area (TPSA) is 45.2 Å². The third kappa shape index (κ3) is 3.92. The molecule has 0 N–H and O–H groups in total. The molecule has 0 unspecified atom stereocenters. The molecule has 26 heavy (non-hydrogen) atoms. The quantitative estimate of drug-likeness (QED) is 0.708. The number of anilines is 1. The highest BCUT2D eigenvalue weighted by molar-refractivity contribution is 7.13. The molecule has 134 valence electrons. The van der Waals surface area contributed by atoms with Crippen LogP contribution in [0.5, 0.6) is 0 Å². The maximum atomic E-state index is 4.84. The standard InChI is InChI=1S/C20H23N5S/c1-15-13-20(22-16(2)21-15)25-10-8-24(9-11-25)14-17-5-3-6-18(23-17)19-7-4-12-26-19/h3-7,12-13H,8-11,14H2,1-2H3. The predicted octanol–water partition coefficient (Wildman–Crippen LogP) is 3.54. The van der Waals surface area contributed by atoms with Crippen molar-refractivity contribution in [1.82, 2.24) is 19.9 Å². The van der Waals surface area contributed by atoms with Crippen molar-refractivity contribution in [2.45, 2.75) is 20.4 Å². The van der Waals surface area contributed by atoms with E-state index in [0.717, 1.165) is 61.4 Å². The molecule has 1 aliphatic rings. The molecule has 3 aromatic rings. The number of hydrogen-bond donors (Lipinski definition) is 0. The number of nitrogens with zero attached hydrogens (tertiary/aromatic N) is 5. The van der Waals surface area contributed by atoms with E-state index in [9.17, 15) is 0 Å². The smallest absolute Gasteiger partial charge is 0.132 e. The fraction of sp³-hybridized carbons (Fsp3) is 0.350. The first-order valence-corrected chi connectivity index (χ1v) is 9.85. The Hall–Kier alpha value is -2.31. The molecule has 3 aromatic heterocycles. The lowest BCUT2D eigenvalue weighted by molar-refractivity contribution is 0.246. The lowest BCUT2D eigenvalue weighted by Gasteiger charge is -2.35. The van der Waals surface area contributed by atoms with Gasteiger partial charge in [0.25, 0.3) is 0 Å². The van der Waals surface area contributed by atoms with Crippen molar-refractivity contribution in [2.75, 3.05) is 31.1 Å². The second-order valence-corrected chi connectivity index (χ2v) is 7.62. The molecule has 6 heteroatoms. The average Bonchev–Trinajstić information content (AvgIpc) is 3.16. The molecule has 1 aliphatic heterocycles. The summed E-state index contributed by atoms with van der Waals surface area (Å²) in [5.41, 5.74) is 3.24. The van der Waals surface area contributed by atoms with Gasteiger partial charge in [0.05, 0.1) is 16.3 Å². The fourth-order valence-corrected chi connectivity index (χ4v) is 4.05. The minimum absolute atomic E-state index is 0.844. The van der Waals surface area contributed by atoms with Gasteiger partial charge in [-0.15, -0.1) is 11.3 Å². The highest BCUT2D eigenvalue weighted by Gasteiger charge is 2.19. The Morgan fingerprint density at radius 3 is 2.54 bits per heavy atom. The van der Waals surface area contributed by atoms with Crippen molar-refractivity contribution in [3.8, 4) is 10.6 Å². The highest BCUT2D eigenvalue weighted by atomic mass is 32.1. The summed E-state index contributed by atoms with van der Waals surface area (Å²) in [4.78, 5) is 19.9. The molecule has 0 spiro atoms. The normalized spacial score (nSPS) is 15.4. The highest BCUT2D eigenvalue weighted by Crippen LogP contribution is 2.23. The van der Waals surface area contributed by atoms with Crippen LogP contribution in [0.25, 0.3) is 10.6 Å². The summed E-state index contributed by atoms with van der Waals surface area (Å²) in [6, 6.07) is 12.6. The van der Waals surface area contributed by atoms with Gasteiger partial charge in [-0.3, -0.25) is 9.88 Å². The Bertz CT molecular complexity index is 849. The van der Waals surface area contributed by atoms with Crippen LogP contribution in [0.15, 0.2) is 41.8 Å². The van der Waals surface area contributed by atoms with Crippen LogP contribution in [0.3, 0.4) is 0 Å². The van der Waals surface area contributed by atoms with Gasteiger partial charge in [0.2, 0.25) is 0 Å². The first-order valence-electron chi connectivity index (χ1n) is 8.97. The van der Waals surface area contributed by atoms with Crippen LogP contribution >= 0.6 is 11.3 Å². The summed E-state index contributed by atoms with van der Waals surface area (Å²) in [7, 11) is 0. The molecule has 0 atom stereocenters. The van der Waals surface area contributed by atoms with Crippen molar-refractivity contribution < 1.29 is 0 Å². The van der Waals surface area contributed by atoms with E-state index < -0.39 is 0 Å². The van der Waals surface area contributed by atoms with E-state index in [0.29, 0.717) is 0 Å². The number of aryl methyl sites for hydroxylation is 2. The summed E-state index contributed by atoms with van der Waals surface area (Å²) in [5.74, 6) is 1.89. The molecule has 0 bridgehead atoms. The fourth-order valence-electron chi connectivity index (χ4n) is 3.35.